The van der Waals surface area contributed by atoms with E-state index in [4.69, 9.17) is 0 Å². The minimum absolute atomic E-state index is 0.106. The van der Waals surface area contributed by atoms with Crippen LogP contribution in [0.2, 0.25) is 0 Å². The second-order valence-corrected chi connectivity index (χ2v) is 8.07. The summed E-state index contributed by atoms with van der Waals surface area (Å²) >= 11 is 0. The van der Waals surface area contributed by atoms with Gasteiger partial charge < -0.3 is 0 Å². The SMILES string of the molecule is O=C(CCCCN1C(=O)c2ccccc2C1=O)CCCCN1C(=O)c2ccccc2C1=O. The molecule has 2 aromatic carbocycles. The fraction of sp³-hybridized carbons (Fsp3) is 0.320. The Bertz CT molecular complexity index is 952. The fourth-order valence-electron chi connectivity index (χ4n) is 4.19. The van der Waals surface area contributed by atoms with E-state index in [1.807, 2.05) is 0 Å². The van der Waals surface area contributed by atoms with Crippen molar-refractivity contribution in [3.8, 4) is 0 Å². The largest absolute Gasteiger partial charge is 0.300 e. The number of nitrogens with zero attached hydrogens (tertiary/aromatic N) is 2. The molecule has 0 aromatic heterocycles. The Labute approximate surface area is 186 Å². The maximum atomic E-state index is 12.3. The Morgan fingerprint density at radius 3 is 1.16 bits per heavy atom. The monoisotopic (exact) mass is 432 g/mol. The lowest BCUT2D eigenvalue weighted by Crippen LogP contribution is -2.30. The van der Waals surface area contributed by atoms with E-state index in [-0.39, 0.29) is 29.4 Å². The van der Waals surface area contributed by atoms with Crippen molar-refractivity contribution in [3.63, 3.8) is 0 Å². The smallest absolute Gasteiger partial charge is 0.261 e. The molecule has 4 rings (SSSR count). The number of rotatable bonds is 10. The molecular formula is C25H24N2O5. The minimum Gasteiger partial charge on any atom is -0.300 e. The lowest BCUT2D eigenvalue weighted by molar-refractivity contribution is -0.119. The summed E-state index contributed by atoms with van der Waals surface area (Å²) in [5, 5.41) is 0. The minimum atomic E-state index is -0.273. The van der Waals surface area contributed by atoms with Gasteiger partial charge in [0.15, 0.2) is 0 Å². The number of hydrogen-bond acceptors (Lipinski definition) is 5. The summed E-state index contributed by atoms with van der Waals surface area (Å²) in [5.41, 5.74) is 1.75. The van der Waals surface area contributed by atoms with E-state index in [1.54, 1.807) is 48.5 Å². The molecule has 0 saturated heterocycles. The topological polar surface area (TPSA) is 91.8 Å². The fourth-order valence-corrected chi connectivity index (χ4v) is 4.19. The van der Waals surface area contributed by atoms with Gasteiger partial charge in [-0.25, -0.2) is 0 Å². The van der Waals surface area contributed by atoms with Gasteiger partial charge in [0.2, 0.25) is 0 Å². The standard InChI is InChI=1S/C25H24N2O5/c28-17(9-5-7-15-26-22(29)18-11-1-2-12-19(18)23(26)30)10-6-8-16-27-24(31)20-13-3-4-14-21(20)25(27)32/h1-4,11-14H,5-10,15-16H2. The molecule has 0 atom stereocenters. The van der Waals surface area contributed by atoms with Gasteiger partial charge in [0.25, 0.3) is 23.6 Å². The Hall–Kier alpha value is -3.61. The van der Waals surface area contributed by atoms with Crippen LogP contribution in [0.15, 0.2) is 48.5 Å². The van der Waals surface area contributed by atoms with Crippen LogP contribution in [0.5, 0.6) is 0 Å². The first-order valence-electron chi connectivity index (χ1n) is 10.9. The Kier molecular flexibility index (Phi) is 6.25. The van der Waals surface area contributed by atoms with E-state index < -0.39 is 0 Å². The molecule has 2 aliphatic rings. The van der Waals surface area contributed by atoms with Gasteiger partial charge in [0.1, 0.15) is 5.78 Å². The summed E-state index contributed by atoms with van der Waals surface area (Å²) in [6.07, 6.45) is 3.13. The maximum Gasteiger partial charge on any atom is 0.261 e. The molecule has 0 fully saturated rings. The number of benzene rings is 2. The second kappa shape index (κ2) is 9.26. The van der Waals surface area contributed by atoms with Gasteiger partial charge in [-0.3, -0.25) is 33.8 Å². The number of carbonyl (C=O) groups is 5. The third-order valence-electron chi connectivity index (χ3n) is 5.93. The van der Waals surface area contributed by atoms with Gasteiger partial charge in [0.05, 0.1) is 22.3 Å². The predicted molar refractivity (Wildman–Crippen MR) is 116 cm³/mol. The quantitative estimate of drug-likeness (QED) is 0.423. The molecule has 2 aliphatic heterocycles. The first-order chi connectivity index (χ1) is 15.5. The molecule has 0 saturated carbocycles. The number of unbranched alkanes of at least 4 members (excludes halogenated alkanes) is 2. The highest BCUT2D eigenvalue weighted by Crippen LogP contribution is 2.24. The van der Waals surface area contributed by atoms with Crippen molar-refractivity contribution in [2.45, 2.75) is 38.5 Å². The van der Waals surface area contributed by atoms with Crippen LogP contribution < -0.4 is 0 Å². The molecule has 7 nitrogen and oxygen atoms in total. The summed E-state index contributed by atoms with van der Waals surface area (Å²) in [6.45, 7) is 0.610. The molecule has 0 unspecified atom stereocenters. The van der Waals surface area contributed by atoms with Crippen LogP contribution in [0, 0.1) is 0 Å². The lowest BCUT2D eigenvalue weighted by Gasteiger charge is -2.14. The normalized spacial score (nSPS) is 14.9. The lowest BCUT2D eigenvalue weighted by atomic mass is 10.1. The highest BCUT2D eigenvalue weighted by molar-refractivity contribution is 6.22. The van der Waals surface area contributed by atoms with E-state index >= 15 is 0 Å². The molecule has 2 aromatic rings. The van der Waals surface area contributed by atoms with Gasteiger partial charge in [0, 0.05) is 25.9 Å². The van der Waals surface area contributed by atoms with Crippen LogP contribution in [-0.4, -0.2) is 52.3 Å². The summed E-state index contributed by atoms with van der Waals surface area (Å²) in [4.78, 5) is 63.9. The van der Waals surface area contributed by atoms with Crippen LogP contribution in [0.1, 0.15) is 80.0 Å². The van der Waals surface area contributed by atoms with E-state index in [0.717, 1.165) is 0 Å². The third kappa shape index (κ3) is 4.10. The number of amides is 4. The van der Waals surface area contributed by atoms with Crippen molar-refractivity contribution in [1.82, 2.24) is 9.80 Å². The second-order valence-electron chi connectivity index (χ2n) is 8.07. The summed E-state index contributed by atoms with van der Waals surface area (Å²) in [6, 6.07) is 13.6. The molecule has 4 amide bonds. The van der Waals surface area contributed by atoms with Crippen LogP contribution in [0.3, 0.4) is 0 Å². The summed E-state index contributed by atoms with van der Waals surface area (Å²) < 4.78 is 0. The van der Waals surface area contributed by atoms with Crippen molar-refractivity contribution in [2.75, 3.05) is 13.1 Å². The van der Waals surface area contributed by atoms with Crippen LogP contribution in [-0.2, 0) is 4.79 Å². The molecule has 7 heteroatoms. The molecule has 0 N–H and O–H groups in total. The predicted octanol–water partition coefficient (Wildman–Crippen LogP) is 3.49. The van der Waals surface area contributed by atoms with Crippen molar-refractivity contribution in [1.29, 1.82) is 0 Å². The molecule has 0 bridgehead atoms. The van der Waals surface area contributed by atoms with E-state index in [0.29, 0.717) is 73.9 Å². The molecule has 2 heterocycles. The van der Waals surface area contributed by atoms with E-state index in [2.05, 4.69) is 0 Å². The molecule has 164 valence electrons. The van der Waals surface area contributed by atoms with Crippen LogP contribution in [0.4, 0.5) is 0 Å². The zero-order valence-corrected chi connectivity index (χ0v) is 17.7. The van der Waals surface area contributed by atoms with Crippen molar-refractivity contribution in [2.24, 2.45) is 0 Å². The Morgan fingerprint density at radius 2 is 0.844 bits per heavy atom. The highest BCUT2D eigenvalue weighted by atomic mass is 16.2. The van der Waals surface area contributed by atoms with Crippen molar-refractivity contribution in [3.05, 3.63) is 70.8 Å². The maximum absolute atomic E-state index is 12.3. The summed E-state index contributed by atoms with van der Waals surface area (Å²) in [7, 11) is 0. The molecular weight excluding hydrogens is 408 g/mol. The number of ketones is 1. The zero-order valence-electron chi connectivity index (χ0n) is 17.7. The van der Waals surface area contributed by atoms with Crippen LogP contribution in [0.25, 0.3) is 0 Å². The molecule has 0 radical (unpaired) electrons. The molecule has 0 spiro atoms. The van der Waals surface area contributed by atoms with Crippen LogP contribution >= 0.6 is 0 Å². The Balaban J connectivity index is 1.13. The van der Waals surface area contributed by atoms with Crippen molar-refractivity contribution >= 4 is 29.4 Å². The average molecular weight is 432 g/mol. The van der Waals surface area contributed by atoms with Gasteiger partial charge in [-0.2, -0.15) is 0 Å². The van der Waals surface area contributed by atoms with Gasteiger partial charge in [-0.1, -0.05) is 24.3 Å². The number of imide groups is 2. The van der Waals surface area contributed by atoms with Gasteiger partial charge >= 0.3 is 0 Å². The molecule has 32 heavy (non-hydrogen) atoms. The number of fused-ring (bicyclic) bond motifs is 2. The zero-order chi connectivity index (χ0) is 22.7. The first-order valence-corrected chi connectivity index (χ1v) is 10.9. The number of hydrogen-bond donors (Lipinski definition) is 0. The van der Waals surface area contributed by atoms with Crippen molar-refractivity contribution < 1.29 is 24.0 Å². The number of carbonyl (C=O) groups excluding carboxylic acids is 5. The number of Topliss-reactive ketones (excluding diaryl/α,β-unsaturated/α-hetero) is 1. The highest BCUT2D eigenvalue weighted by Gasteiger charge is 2.35. The van der Waals surface area contributed by atoms with E-state index in [1.165, 1.54) is 9.80 Å². The van der Waals surface area contributed by atoms with Gasteiger partial charge in [-0.15, -0.1) is 0 Å². The Morgan fingerprint density at radius 1 is 0.531 bits per heavy atom. The third-order valence-corrected chi connectivity index (χ3v) is 5.93. The van der Waals surface area contributed by atoms with Gasteiger partial charge in [-0.05, 0) is 49.9 Å². The summed E-state index contributed by atoms with van der Waals surface area (Å²) in [5.74, 6) is -0.986. The van der Waals surface area contributed by atoms with E-state index in [9.17, 15) is 24.0 Å². The molecule has 0 aliphatic carbocycles. The average Bonchev–Trinajstić information content (AvgIpc) is 3.20. The first kappa shape index (κ1) is 21.6.